The number of hydrogen-bond acceptors (Lipinski definition) is 7. The number of rotatable bonds is 3. The molecular formula is C11H21N5OS. The molecular weight excluding hydrogens is 250 g/mol. The fourth-order valence-electron chi connectivity index (χ4n) is 2.62. The lowest BCUT2D eigenvalue weighted by molar-refractivity contribution is -0.182. The number of hydrogen-bond donors (Lipinski definition) is 2. The van der Waals surface area contributed by atoms with Gasteiger partial charge in [-0.15, -0.1) is 10.2 Å². The normalized spacial score (nSPS) is 22.9. The molecule has 1 fully saturated rings. The van der Waals surface area contributed by atoms with Crippen LogP contribution in [0.25, 0.3) is 0 Å². The number of nitrogens with one attached hydrogen (secondary N) is 1. The third-order valence-corrected chi connectivity index (χ3v) is 3.55. The second-order valence-corrected chi connectivity index (χ2v) is 6.97. The Bertz CT molecular complexity index is 401. The van der Waals surface area contributed by atoms with E-state index in [1.807, 2.05) is 0 Å². The number of nitrogen functional groups attached to an aromatic ring is 1. The van der Waals surface area contributed by atoms with Crippen LogP contribution in [0.2, 0.25) is 0 Å². The minimum absolute atomic E-state index is 0.138. The van der Waals surface area contributed by atoms with Gasteiger partial charge in [0.1, 0.15) is 5.01 Å². The molecule has 2 heterocycles. The Morgan fingerprint density at radius 2 is 1.89 bits per heavy atom. The first-order valence-corrected chi connectivity index (χ1v) is 6.83. The summed E-state index contributed by atoms with van der Waals surface area (Å²) in [6.07, 6.45) is 0. The third kappa shape index (κ3) is 3.38. The molecule has 0 spiro atoms. The molecule has 0 unspecified atom stereocenters. The first-order chi connectivity index (χ1) is 8.30. The Morgan fingerprint density at radius 1 is 1.28 bits per heavy atom. The van der Waals surface area contributed by atoms with Crippen molar-refractivity contribution in [3.05, 3.63) is 5.01 Å². The molecule has 1 aromatic rings. The van der Waals surface area contributed by atoms with E-state index in [2.05, 4.69) is 48.2 Å². The van der Waals surface area contributed by atoms with Gasteiger partial charge in [0.05, 0.1) is 17.7 Å². The number of nitrogens with two attached hydrogens (primary N) is 1. The summed E-state index contributed by atoms with van der Waals surface area (Å²) in [5.41, 5.74) is 2.24. The minimum Gasteiger partial charge on any atom is -0.367 e. The average Bonchev–Trinajstić information content (AvgIpc) is 2.60. The average molecular weight is 271 g/mol. The van der Waals surface area contributed by atoms with Crippen molar-refractivity contribution in [3.63, 3.8) is 0 Å². The second kappa shape index (κ2) is 4.73. The molecule has 0 saturated carbocycles. The number of morpholine rings is 1. The Hall–Kier alpha value is -0.760. The first-order valence-electron chi connectivity index (χ1n) is 6.01. The summed E-state index contributed by atoms with van der Waals surface area (Å²) in [6, 6.07) is 0. The molecule has 1 saturated heterocycles. The summed E-state index contributed by atoms with van der Waals surface area (Å²) in [5.74, 6) is 5.31. The molecule has 7 heteroatoms. The molecule has 0 amide bonds. The lowest BCUT2D eigenvalue weighted by Gasteiger charge is -2.46. The molecule has 0 atom stereocenters. The topological polar surface area (TPSA) is 76.3 Å². The van der Waals surface area contributed by atoms with Gasteiger partial charge in [-0.2, -0.15) is 0 Å². The molecule has 0 aromatic carbocycles. The van der Waals surface area contributed by atoms with E-state index < -0.39 is 0 Å². The molecule has 102 valence electrons. The van der Waals surface area contributed by atoms with E-state index in [0.717, 1.165) is 24.6 Å². The van der Waals surface area contributed by atoms with Gasteiger partial charge in [-0.3, -0.25) is 10.3 Å². The van der Waals surface area contributed by atoms with Crippen molar-refractivity contribution in [2.24, 2.45) is 5.84 Å². The Labute approximate surface area is 111 Å². The lowest BCUT2D eigenvalue weighted by atomic mass is 9.99. The van der Waals surface area contributed by atoms with Gasteiger partial charge >= 0.3 is 0 Å². The zero-order valence-electron chi connectivity index (χ0n) is 11.4. The highest BCUT2D eigenvalue weighted by molar-refractivity contribution is 7.15. The molecule has 1 aromatic heterocycles. The molecule has 1 aliphatic heterocycles. The third-order valence-electron chi connectivity index (χ3n) is 2.71. The molecule has 0 bridgehead atoms. The monoisotopic (exact) mass is 271 g/mol. The van der Waals surface area contributed by atoms with E-state index in [9.17, 15) is 0 Å². The number of nitrogens with zero attached hydrogens (tertiary/aromatic N) is 3. The van der Waals surface area contributed by atoms with Crippen LogP contribution in [0, 0.1) is 0 Å². The highest BCUT2D eigenvalue weighted by Gasteiger charge is 2.38. The van der Waals surface area contributed by atoms with E-state index in [0.29, 0.717) is 5.13 Å². The van der Waals surface area contributed by atoms with Gasteiger partial charge in [0.15, 0.2) is 0 Å². The molecule has 6 nitrogen and oxygen atoms in total. The van der Waals surface area contributed by atoms with Crippen LogP contribution in [0.5, 0.6) is 0 Å². The number of hydrazine groups is 1. The van der Waals surface area contributed by atoms with Gasteiger partial charge < -0.3 is 4.74 Å². The van der Waals surface area contributed by atoms with E-state index in [1.165, 1.54) is 11.3 Å². The van der Waals surface area contributed by atoms with Crippen LogP contribution >= 0.6 is 11.3 Å². The summed E-state index contributed by atoms with van der Waals surface area (Å²) in [6.45, 7) is 11.0. The maximum atomic E-state index is 6.05. The quantitative estimate of drug-likeness (QED) is 0.636. The van der Waals surface area contributed by atoms with Gasteiger partial charge in [0, 0.05) is 13.1 Å². The van der Waals surface area contributed by atoms with E-state index >= 15 is 0 Å². The summed E-state index contributed by atoms with van der Waals surface area (Å²) < 4.78 is 6.05. The van der Waals surface area contributed by atoms with Crippen LogP contribution in [-0.2, 0) is 11.3 Å². The van der Waals surface area contributed by atoms with E-state index in [1.54, 1.807) is 0 Å². The van der Waals surface area contributed by atoms with Crippen molar-refractivity contribution < 1.29 is 4.74 Å². The fraction of sp³-hybridized carbons (Fsp3) is 0.818. The van der Waals surface area contributed by atoms with Crippen molar-refractivity contribution >= 4 is 16.5 Å². The predicted molar refractivity (Wildman–Crippen MR) is 72.2 cm³/mol. The van der Waals surface area contributed by atoms with Crippen molar-refractivity contribution in [2.45, 2.75) is 45.4 Å². The Balaban J connectivity index is 2.04. The molecule has 1 aliphatic rings. The largest absolute Gasteiger partial charge is 0.367 e. The van der Waals surface area contributed by atoms with Crippen molar-refractivity contribution in [2.75, 3.05) is 18.5 Å². The highest BCUT2D eigenvalue weighted by Crippen LogP contribution is 2.29. The van der Waals surface area contributed by atoms with Gasteiger partial charge in [-0.05, 0) is 27.7 Å². The zero-order valence-corrected chi connectivity index (χ0v) is 12.2. The number of anilines is 1. The van der Waals surface area contributed by atoms with Gasteiger partial charge in [0.2, 0.25) is 5.13 Å². The van der Waals surface area contributed by atoms with Crippen molar-refractivity contribution in [1.29, 1.82) is 0 Å². The highest BCUT2D eigenvalue weighted by atomic mass is 32.1. The Morgan fingerprint density at radius 3 is 2.39 bits per heavy atom. The van der Waals surface area contributed by atoms with Gasteiger partial charge in [-0.25, -0.2) is 5.84 Å². The fourth-order valence-corrected chi connectivity index (χ4v) is 3.32. The molecule has 0 radical (unpaired) electrons. The summed E-state index contributed by atoms with van der Waals surface area (Å²) in [4.78, 5) is 2.35. The first kappa shape index (κ1) is 13.7. The van der Waals surface area contributed by atoms with Crippen LogP contribution in [-0.4, -0.2) is 39.4 Å². The van der Waals surface area contributed by atoms with E-state index in [-0.39, 0.29) is 11.2 Å². The maximum absolute atomic E-state index is 6.05. The maximum Gasteiger partial charge on any atom is 0.219 e. The van der Waals surface area contributed by atoms with Gasteiger partial charge in [-0.1, -0.05) is 11.3 Å². The van der Waals surface area contributed by atoms with Crippen molar-refractivity contribution in [1.82, 2.24) is 15.1 Å². The number of aromatic nitrogens is 2. The summed E-state index contributed by atoms with van der Waals surface area (Å²) in [5, 5.41) is 9.69. The molecule has 3 N–H and O–H groups in total. The zero-order chi connectivity index (χ0) is 13.4. The Kier molecular flexibility index (Phi) is 3.59. The minimum atomic E-state index is -0.138. The standard InChI is InChI=1S/C11H21N5OS/c1-10(2)6-16(7-11(3,4)17-10)5-8-14-15-9(13-12)18-8/h5-7,12H2,1-4H3,(H,13,15). The SMILES string of the molecule is CC1(C)CN(Cc2nnc(NN)s2)CC(C)(C)O1. The molecule has 0 aliphatic carbocycles. The van der Waals surface area contributed by atoms with Crippen LogP contribution in [0.1, 0.15) is 32.7 Å². The van der Waals surface area contributed by atoms with Crippen LogP contribution in [0.4, 0.5) is 5.13 Å². The van der Waals surface area contributed by atoms with Gasteiger partial charge in [0.25, 0.3) is 0 Å². The van der Waals surface area contributed by atoms with E-state index in [4.69, 9.17) is 10.6 Å². The summed E-state index contributed by atoms with van der Waals surface area (Å²) in [7, 11) is 0. The molecule has 18 heavy (non-hydrogen) atoms. The van der Waals surface area contributed by atoms with Crippen LogP contribution in [0.3, 0.4) is 0 Å². The lowest BCUT2D eigenvalue weighted by Crippen LogP contribution is -2.56. The predicted octanol–water partition coefficient (Wildman–Crippen LogP) is 1.21. The number of ether oxygens (including phenoxy) is 1. The smallest absolute Gasteiger partial charge is 0.219 e. The summed E-state index contributed by atoms with van der Waals surface area (Å²) >= 11 is 1.49. The van der Waals surface area contributed by atoms with Crippen LogP contribution < -0.4 is 11.3 Å². The van der Waals surface area contributed by atoms with Crippen molar-refractivity contribution in [3.8, 4) is 0 Å². The second-order valence-electron chi connectivity index (χ2n) is 5.91. The van der Waals surface area contributed by atoms with Crippen LogP contribution in [0.15, 0.2) is 0 Å². The molecule has 2 rings (SSSR count).